The quantitative estimate of drug-likeness (QED) is 0.812. The van der Waals surface area contributed by atoms with Crippen molar-refractivity contribution < 1.29 is 0 Å². The van der Waals surface area contributed by atoms with Crippen LogP contribution in [0.5, 0.6) is 0 Å². The number of thiophene rings is 1. The molecule has 0 radical (unpaired) electrons. The molecule has 2 heterocycles. The maximum atomic E-state index is 12.0. The van der Waals surface area contributed by atoms with Crippen LogP contribution in [0.15, 0.2) is 10.9 Å². The van der Waals surface area contributed by atoms with Crippen LogP contribution < -0.4 is 5.56 Å². The number of hydrogen-bond donors (Lipinski definition) is 1. The Hall–Kier alpha value is -0.690. The molecule has 0 aliphatic carbocycles. The summed E-state index contributed by atoms with van der Waals surface area (Å²) in [6.45, 7) is 8.23. The largest absolute Gasteiger partial charge is 0.306 e. The lowest BCUT2D eigenvalue weighted by molar-refractivity contribution is 0.802. The Labute approximate surface area is 124 Å². The summed E-state index contributed by atoms with van der Waals surface area (Å²) in [6.07, 6.45) is 0. The van der Waals surface area contributed by atoms with Crippen molar-refractivity contribution in [2.24, 2.45) is 0 Å². The zero-order valence-electron chi connectivity index (χ0n) is 10.8. The molecule has 0 aliphatic heterocycles. The van der Waals surface area contributed by atoms with Crippen molar-refractivity contribution in [1.29, 1.82) is 0 Å². The van der Waals surface area contributed by atoms with Gasteiger partial charge in [0.15, 0.2) is 0 Å². The lowest BCUT2D eigenvalue weighted by Crippen LogP contribution is -2.17. The highest BCUT2D eigenvalue weighted by Crippen LogP contribution is 2.29. The molecule has 3 nitrogen and oxygen atoms in total. The second-order valence-electron chi connectivity index (χ2n) is 4.60. The highest BCUT2D eigenvalue weighted by molar-refractivity contribution is 14.1. The van der Waals surface area contributed by atoms with Crippen LogP contribution in [0.2, 0.25) is 0 Å². The third kappa shape index (κ3) is 2.51. The fourth-order valence-electron chi connectivity index (χ4n) is 1.85. The van der Waals surface area contributed by atoms with Gasteiger partial charge in [0.2, 0.25) is 0 Å². The van der Waals surface area contributed by atoms with E-state index in [1.807, 2.05) is 0 Å². The van der Waals surface area contributed by atoms with Crippen LogP contribution in [0.1, 0.15) is 35.2 Å². The van der Waals surface area contributed by atoms with Crippen molar-refractivity contribution in [2.45, 2.75) is 33.6 Å². The lowest BCUT2D eigenvalue weighted by atomic mass is 10.1. The zero-order chi connectivity index (χ0) is 13.4. The second-order valence-corrected chi connectivity index (χ2v) is 7.13. The van der Waals surface area contributed by atoms with Gasteiger partial charge in [0, 0.05) is 15.3 Å². The third-order valence-electron chi connectivity index (χ3n) is 2.73. The minimum Gasteiger partial charge on any atom is -0.306 e. The van der Waals surface area contributed by atoms with Gasteiger partial charge in [0.25, 0.3) is 5.56 Å². The number of nitrogens with zero attached hydrogens (tertiary/aromatic N) is 1. The standard InChI is InChI=1S/C13H15IN2OS/c1-6(2)11-10(14)13(17)16-12(15-11)9-5-7(3)18-8(9)4/h5-6H,1-4H3,(H,15,16,17). The fraction of sp³-hybridized carbons (Fsp3) is 0.385. The molecule has 0 saturated carbocycles. The van der Waals surface area contributed by atoms with Crippen LogP contribution in [0.25, 0.3) is 11.4 Å². The maximum Gasteiger partial charge on any atom is 0.264 e. The Bertz CT molecular complexity index is 643. The van der Waals surface area contributed by atoms with Crippen LogP contribution in [0.3, 0.4) is 0 Å². The summed E-state index contributed by atoms with van der Waals surface area (Å²) in [5, 5.41) is 0. The number of H-pyrrole nitrogens is 1. The molecule has 0 spiro atoms. The maximum absolute atomic E-state index is 12.0. The van der Waals surface area contributed by atoms with E-state index in [4.69, 9.17) is 0 Å². The van der Waals surface area contributed by atoms with Gasteiger partial charge in [-0.05, 0) is 48.4 Å². The summed E-state index contributed by atoms with van der Waals surface area (Å²) in [6, 6.07) is 2.08. The van der Waals surface area contributed by atoms with Gasteiger partial charge in [-0.2, -0.15) is 0 Å². The molecule has 0 bridgehead atoms. The molecule has 0 unspecified atom stereocenters. The lowest BCUT2D eigenvalue weighted by Gasteiger charge is -2.09. The monoisotopic (exact) mass is 374 g/mol. The summed E-state index contributed by atoms with van der Waals surface area (Å²) in [5.41, 5.74) is 1.86. The van der Waals surface area contributed by atoms with E-state index in [0.29, 0.717) is 9.39 Å². The molecule has 2 rings (SSSR count). The first-order valence-corrected chi connectivity index (χ1v) is 7.66. The number of halogens is 1. The fourth-order valence-corrected chi connectivity index (χ4v) is 3.66. The van der Waals surface area contributed by atoms with E-state index in [1.54, 1.807) is 11.3 Å². The first-order valence-electron chi connectivity index (χ1n) is 5.77. The van der Waals surface area contributed by atoms with Crippen molar-refractivity contribution in [2.75, 3.05) is 0 Å². The first kappa shape index (κ1) is 13.7. The molecule has 0 aliphatic rings. The van der Waals surface area contributed by atoms with E-state index in [0.717, 1.165) is 11.3 Å². The number of aromatic amines is 1. The van der Waals surface area contributed by atoms with E-state index < -0.39 is 0 Å². The zero-order valence-corrected chi connectivity index (χ0v) is 13.8. The van der Waals surface area contributed by atoms with E-state index in [-0.39, 0.29) is 11.5 Å². The molecule has 0 fully saturated rings. The third-order valence-corrected chi connectivity index (χ3v) is 4.74. The number of nitrogens with one attached hydrogen (secondary N) is 1. The minimum atomic E-state index is -0.0486. The van der Waals surface area contributed by atoms with Crippen LogP contribution >= 0.6 is 33.9 Å². The Balaban J connectivity index is 2.66. The molecule has 0 atom stereocenters. The van der Waals surface area contributed by atoms with Gasteiger partial charge in [0.05, 0.1) is 9.26 Å². The number of rotatable bonds is 2. The number of aromatic nitrogens is 2. The van der Waals surface area contributed by atoms with Crippen LogP contribution in [0.4, 0.5) is 0 Å². The summed E-state index contributed by atoms with van der Waals surface area (Å²) in [4.78, 5) is 21.9. The average molecular weight is 374 g/mol. The van der Waals surface area contributed by atoms with Crippen molar-refractivity contribution >= 4 is 33.9 Å². The molecule has 96 valence electrons. The molecule has 18 heavy (non-hydrogen) atoms. The van der Waals surface area contributed by atoms with E-state index >= 15 is 0 Å². The molecule has 2 aromatic heterocycles. The summed E-state index contributed by atoms with van der Waals surface area (Å²) >= 11 is 3.79. The van der Waals surface area contributed by atoms with Crippen molar-refractivity contribution in [3.63, 3.8) is 0 Å². The smallest absolute Gasteiger partial charge is 0.264 e. The Morgan fingerprint density at radius 3 is 2.56 bits per heavy atom. The summed E-state index contributed by atoms with van der Waals surface area (Å²) in [7, 11) is 0. The Kier molecular flexibility index (Phi) is 3.91. The van der Waals surface area contributed by atoms with Gasteiger partial charge in [0.1, 0.15) is 5.82 Å². The van der Waals surface area contributed by atoms with Gasteiger partial charge in [-0.25, -0.2) is 4.98 Å². The predicted molar refractivity (Wildman–Crippen MR) is 84.5 cm³/mol. The van der Waals surface area contributed by atoms with Crippen LogP contribution in [0, 0.1) is 17.4 Å². The van der Waals surface area contributed by atoms with Crippen molar-refractivity contribution in [3.05, 3.63) is 35.4 Å². The van der Waals surface area contributed by atoms with Crippen LogP contribution in [-0.4, -0.2) is 9.97 Å². The van der Waals surface area contributed by atoms with Gasteiger partial charge < -0.3 is 4.98 Å². The molecular formula is C13H15IN2OS. The molecule has 1 N–H and O–H groups in total. The van der Waals surface area contributed by atoms with Crippen LogP contribution in [-0.2, 0) is 0 Å². The minimum absolute atomic E-state index is 0.0486. The van der Waals surface area contributed by atoms with E-state index in [2.05, 4.69) is 66.3 Å². The van der Waals surface area contributed by atoms with Crippen molar-refractivity contribution in [1.82, 2.24) is 9.97 Å². The Morgan fingerprint density at radius 1 is 1.39 bits per heavy atom. The molecule has 0 aromatic carbocycles. The Morgan fingerprint density at radius 2 is 2.06 bits per heavy atom. The molecule has 5 heteroatoms. The summed E-state index contributed by atoms with van der Waals surface area (Å²) in [5.74, 6) is 0.934. The summed E-state index contributed by atoms with van der Waals surface area (Å²) < 4.78 is 0.691. The normalized spacial score (nSPS) is 11.2. The molecular weight excluding hydrogens is 359 g/mol. The first-order chi connectivity index (χ1) is 8.40. The highest BCUT2D eigenvalue weighted by Gasteiger charge is 2.15. The topological polar surface area (TPSA) is 45.8 Å². The van der Waals surface area contributed by atoms with Gasteiger partial charge in [-0.3, -0.25) is 4.79 Å². The average Bonchev–Trinajstić information content (AvgIpc) is 2.61. The second kappa shape index (κ2) is 5.13. The highest BCUT2D eigenvalue weighted by atomic mass is 127. The molecule has 2 aromatic rings. The number of hydrogen-bond acceptors (Lipinski definition) is 3. The van der Waals surface area contributed by atoms with E-state index in [9.17, 15) is 4.79 Å². The van der Waals surface area contributed by atoms with E-state index in [1.165, 1.54) is 9.75 Å². The SMILES string of the molecule is Cc1cc(-c2nc(C(C)C)c(I)c(=O)[nH]2)c(C)s1. The predicted octanol–water partition coefficient (Wildman–Crippen LogP) is 3.84. The van der Waals surface area contributed by atoms with Gasteiger partial charge >= 0.3 is 0 Å². The van der Waals surface area contributed by atoms with Gasteiger partial charge in [-0.1, -0.05) is 13.8 Å². The van der Waals surface area contributed by atoms with Gasteiger partial charge in [-0.15, -0.1) is 11.3 Å². The molecule has 0 amide bonds. The van der Waals surface area contributed by atoms with Crippen molar-refractivity contribution in [3.8, 4) is 11.4 Å². The molecule has 0 saturated heterocycles. The number of aryl methyl sites for hydroxylation is 2.